The fourth-order valence-corrected chi connectivity index (χ4v) is 2.05. The van der Waals surface area contributed by atoms with Crippen LogP contribution in [0.2, 0.25) is 0 Å². The lowest BCUT2D eigenvalue weighted by Gasteiger charge is -2.09. The number of nitrogens with zero attached hydrogens (tertiary/aromatic N) is 3. The first kappa shape index (κ1) is 10.7. The number of hydrazine groups is 1. The van der Waals surface area contributed by atoms with Gasteiger partial charge in [-0.3, -0.25) is 10.5 Å². The number of hydrogen-bond donors (Lipinski definition) is 2. The molecule has 90 valence electrons. The van der Waals surface area contributed by atoms with Crippen molar-refractivity contribution in [3.05, 3.63) is 42.6 Å². The van der Waals surface area contributed by atoms with Gasteiger partial charge in [0.05, 0.1) is 22.6 Å². The molecule has 0 spiro atoms. The van der Waals surface area contributed by atoms with E-state index in [1.165, 1.54) is 0 Å². The zero-order chi connectivity index (χ0) is 12.5. The summed E-state index contributed by atoms with van der Waals surface area (Å²) < 4.78 is 1.79. The summed E-state index contributed by atoms with van der Waals surface area (Å²) in [5.41, 5.74) is 6.29. The maximum atomic E-state index is 5.58. The van der Waals surface area contributed by atoms with Gasteiger partial charge in [0.1, 0.15) is 0 Å². The SMILES string of the molecule is Cn1nccc1-c1cc(NN)c2ccccc2n1. The molecule has 3 aromatic rings. The van der Waals surface area contributed by atoms with Crippen LogP contribution in [0.3, 0.4) is 0 Å². The molecule has 0 radical (unpaired) electrons. The summed E-state index contributed by atoms with van der Waals surface area (Å²) in [5, 5.41) is 5.16. The first-order valence-electron chi connectivity index (χ1n) is 5.64. The Morgan fingerprint density at radius 2 is 2.06 bits per heavy atom. The Bertz CT molecular complexity index is 701. The Balaban J connectivity index is 2.29. The number of nitrogens with two attached hydrogens (primary N) is 1. The normalized spacial score (nSPS) is 10.8. The molecule has 3 N–H and O–H groups in total. The summed E-state index contributed by atoms with van der Waals surface area (Å²) in [6, 6.07) is 11.7. The molecule has 0 saturated heterocycles. The predicted molar refractivity (Wildman–Crippen MR) is 71.8 cm³/mol. The molecule has 0 aliphatic heterocycles. The van der Waals surface area contributed by atoms with Gasteiger partial charge in [-0.05, 0) is 18.2 Å². The highest BCUT2D eigenvalue weighted by Crippen LogP contribution is 2.27. The molecule has 18 heavy (non-hydrogen) atoms. The molecule has 0 aliphatic carbocycles. The van der Waals surface area contributed by atoms with Crippen molar-refractivity contribution in [1.29, 1.82) is 0 Å². The van der Waals surface area contributed by atoms with Crippen LogP contribution in [-0.2, 0) is 7.05 Å². The Morgan fingerprint density at radius 3 is 2.78 bits per heavy atom. The summed E-state index contributed by atoms with van der Waals surface area (Å²) in [6.07, 6.45) is 1.75. The van der Waals surface area contributed by atoms with E-state index in [-0.39, 0.29) is 0 Å². The van der Waals surface area contributed by atoms with Gasteiger partial charge < -0.3 is 5.43 Å². The second-order valence-corrected chi connectivity index (χ2v) is 4.06. The van der Waals surface area contributed by atoms with E-state index in [1.54, 1.807) is 10.9 Å². The van der Waals surface area contributed by atoms with Crippen LogP contribution < -0.4 is 11.3 Å². The van der Waals surface area contributed by atoms with Crippen LogP contribution in [-0.4, -0.2) is 14.8 Å². The van der Waals surface area contributed by atoms with Crippen molar-refractivity contribution in [2.45, 2.75) is 0 Å². The highest BCUT2D eigenvalue weighted by atomic mass is 15.3. The van der Waals surface area contributed by atoms with Gasteiger partial charge in [-0.2, -0.15) is 5.10 Å². The molecular weight excluding hydrogens is 226 g/mol. The maximum Gasteiger partial charge on any atom is 0.0911 e. The number of rotatable bonds is 2. The molecule has 0 unspecified atom stereocenters. The number of anilines is 1. The number of pyridine rings is 1. The van der Waals surface area contributed by atoms with Crippen molar-refractivity contribution in [2.24, 2.45) is 12.9 Å². The lowest BCUT2D eigenvalue weighted by molar-refractivity contribution is 0.774. The first-order valence-corrected chi connectivity index (χ1v) is 5.64. The number of nitrogen functional groups attached to an aromatic ring is 1. The van der Waals surface area contributed by atoms with Crippen molar-refractivity contribution < 1.29 is 0 Å². The fourth-order valence-electron chi connectivity index (χ4n) is 2.05. The number of para-hydroxylation sites is 1. The number of nitrogens with one attached hydrogen (secondary N) is 1. The quantitative estimate of drug-likeness (QED) is 0.529. The third-order valence-corrected chi connectivity index (χ3v) is 2.96. The van der Waals surface area contributed by atoms with Crippen molar-refractivity contribution in [1.82, 2.24) is 14.8 Å². The van der Waals surface area contributed by atoms with Crippen molar-refractivity contribution in [2.75, 3.05) is 5.43 Å². The fraction of sp³-hybridized carbons (Fsp3) is 0.0769. The molecule has 0 aliphatic rings. The minimum atomic E-state index is 0.849. The van der Waals surface area contributed by atoms with Gasteiger partial charge in [0, 0.05) is 18.6 Å². The summed E-state index contributed by atoms with van der Waals surface area (Å²) in [4.78, 5) is 4.63. The van der Waals surface area contributed by atoms with Gasteiger partial charge in [0.2, 0.25) is 0 Å². The molecular formula is C13H13N5. The molecule has 2 heterocycles. The Morgan fingerprint density at radius 1 is 1.22 bits per heavy atom. The molecule has 0 fully saturated rings. The summed E-state index contributed by atoms with van der Waals surface area (Å²) in [6.45, 7) is 0. The number of benzene rings is 1. The van der Waals surface area contributed by atoms with Gasteiger partial charge in [0.15, 0.2) is 0 Å². The average Bonchev–Trinajstić information content (AvgIpc) is 2.83. The monoisotopic (exact) mass is 239 g/mol. The predicted octanol–water partition coefficient (Wildman–Crippen LogP) is 1.92. The van der Waals surface area contributed by atoms with E-state index in [4.69, 9.17) is 5.84 Å². The molecule has 3 rings (SSSR count). The largest absolute Gasteiger partial charge is 0.323 e. The van der Waals surface area contributed by atoms with Gasteiger partial charge in [-0.25, -0.2) is 4.98 Å². The second kappa shape index (κ2) is 4.12. The highest BCUT2D eigenvalue weighted by Gasteiger charge is 2.08. The van der Waals surface area contributed by atoms with Crippen LogP contribution in [0.1, 0.15) is 0 Å². The number of aryl methyl sites for hydroxylation is 1. The topological polar surface area (TPSA) is 68.8 Å². The smallest absolute Gasteiger partial charge is 0.0911 e. The van der Waals surface area contributed by atoms with E-state index in [2.05, 4.69) is 15.5 Å². The summed E-state index contributed by atoms with van der Waals surface area (Å²) in [5.74, 6) is 5.58. The van der Waals surface area contributed by atoms with Crippen molar-refractivity contribution in [3.63, 3.8) is 0 Å². The standard InChI is InChI=1S/C13H13N5/c1-18-13(6-7-15-18)12-8-11(17-14)9-4-2-3-5-10(9)16-12/h2-8H,14H2,1H3,(H,16,17). The van der Waals surface area contributed by atoms with Crippen LogP contribution >= 0.6 is 0 Å². The molecule has 0 amide bonds. The molecule has 2 aromatic heterocycles. The number of aromatic nitrogens is 3. The minimum absolute atomic E-state index is 0.849. The summed E-state index contributed by atoms with van der Waals surface area (Å²) >= 11 is 0. The third kappa shape index (κ3) is 1.61. The van der Waals surface area contributed by atoms with Crippen LogP contribution in [0.4, 0.5) is 5.69 Å². The molecule has 5 heteroatoms. The highest BCUT2D eigenvalue weighted by molar-refractivity contribution is 5.93. The van der Waals surface area contributed by atoms with Crippen LogP contribution in [0.5, 0.6) is 0 Å². The molecule has 0 atom stereocenters. The van der Waals surface area contributed by atoms with Gasteiger partial charge in [-0.15, -0.1) is 0 Å². The Kier molecular flexibility index (Phi) is 2.46. The minimum Gasteiger partial charge on any atom is -0.323 e. The maximum absolute atomic E-state index is 5.58. The van der Waals surface area contributed by atoms with E-state index in [9.17, 15) is 0 Å². The number of hydrogen-bond acceptors (Lipinski definition) is 4. The van der Waals surface area contributed by atoms with Crippen molar-refractivity contribution >= 4 is 16.6 Å². The van der Waals surface area contributed by atoms with E-state index >= 15 is 0 Å². The van der Waals surface area contributed by atoms with Crippen LogP contribution in [0.15, 0.2) is 42.6 Å². The molecule has 0 bridgehead atoms. The van der Waals surface area contributed by atoms with Crippen LogP contribution in [0, 0.1) is 0 Å². The lowest BCUT2D eigenvalue weighted by Crippen LogP contribution is -2.08. The van der Waals surface area contributed by atoms with E-state index in [1.807, 2.05) is 43.4 Å². The molecule has 5 nitrogen and oxygen atoms in total. The van der Waals surface area contributed by atoms with E-state index < -0.39 is 0 Å². The Labute approximate surface area is 104 Å². The molecule has 0 saturated carbocycles. The third-order valence-electron chi connectivity index (χ3n) is 2.96. The average molecular weight is 239 g/mol. The van der Waals surface area contributed by atoms with Gasteiger partial charge in [-0.1, -0.05) is 18.2 Å². The first-order chi connectivity index (χ1) is 8.79. The van der Waals surface area contributed by atoms with Crippen LogP contribution in [0.25, 0.3) is 22.3 Å². The lowest BCUT2D eigenvalue weighted by atomic mass is 10.1. The zero-order valence-electron chi connectivity index (χ0n) is 9.96. The van der Waals surface area contributed by atoms with E-state index in [0.717, 1.165) is 28.0 Å². The van der Waals surface area contributed by atoms with Gasteiger partial charge >= 0.3 is 0 Å². The Hall–Kier alpha value is -2.40. The summed E-state index contributed by atoms with van der Waals surface area (Å²) in [7, 11) is 1.89. The van der Waals surface area contributed by atoms with E-state index in [0.29, 0.717) is 0 Å². The van der Waals surface area contributed by atoms with Crippen molar-refractivity contribution in [3.8, 4) is 11.4 Å². The second-order valence-electron chi connectivity index (χ2n) is 4.06. The zero-order valence-corrected chi connectivity index (χ0v) is 9.96. The van der Waals surface area contributed by atoms with Gasteiger partial charge in [0.25, 0.3) is 0 Å². The molecule has 1 aromatic carbocycles. The number of fused-ring (bicyclic) bond motifs is 1.